The second-order valence-electron chi connectivity index (χ2n) is 4.65. The Hall–Kier alpha value is -1.03. The van der Waals surface area contributed by atoms with Crippen molar-refractivity contribution in [2.45, 2.75) is 25.8 Å². The molecule has 0 fully saturated rings. The number of benzene rings is 1. The van der Waals surface area contributed by atoms with Crippen molar-refractivity contribution in [2.75, 3.05) is 14.2 Å². The van der Waals surface area contributed by atoms with E-state index in [4.69, 9.17) is 16.3 Å². The molecule has 0 amide bonds. The van der Waals surface area contributed by atoms with Crippen LogP contribution in [0.25, 0.3) is 0 Å². The van der Waals surface area contributed by atoms with Gasteiger partial charge in [0.05, 0.1) is 7.11 Å². The van der Waals surface area contributed by atoms with E-state index in [1.165, 1.54) is 9.75 Å². The Morgan fingerprint density at radius 2 is 2.00 bits per heavy atom. The first-order chi connectivity index (χ1) is 9.67. The molecule has 4 heteroatoms. The van der Waals surface area contributed by atoms with Crippen LogP contribution in [0.4, 0.5) is 0 Å². The minimum Gasteiger partial charge on any atom is -0.496 e. The molecule has 0 aliphatic heterocycles. The first-order valence-electron chi connectivity index (χ1n) is 6.76. The lowest BCUT2D eigenvalue weighted by molar-refractivity contribution is 0.401. The number of ether oxygens (including phenoxy) is 1. The number of thiophene rings is 1. The number of halogens is 1. The van der Waals surface area contributed by atoms with Gasteiger partial charge in [-0.3, -0.25) is 0 Å². The first-order valence-corrected chi connectivity index (χ1v) is 7.95. The Balaban J connectivity index is 2.25. The predicted octanol–water partition coefficient (Wildman–Crippen LogP) is 4.48. The molecule has 108 valence electrons. The Kier molecular flexibility index (Phi) is 5.46. The minimum atomic E-state index is 0.201. The number of hydrogen-bond donors (Lipinski definition) is 1. The lowest BCUT2D eigenvalue weighted by Gasteiger charge is -2.19. The van der Waals surface area contributed by atoms with Crippen molar-refractivity contribution >= 4 is 22.9 Å². The standard InChI is InChI=1S/C16H20ClNOS/c1-4-12-6-7-13(20-12)10-15(18-2)14-9-11(17)5-8-16(14)19-3/h5-9,15,18H,4,10H2,1-3H3. The third-order valence-corrected chi connectivity index (χ3v) is 4.87. The number of methoxy groups -OCH3 is 1. The number of likely N-dealkylation sites (N-methyl/N-ethyl adjacent to an activating group) is 1. The van der Waals surface area contributed by atoms with Gasteiger partial charge >= 0.3 is 0 Å². The summed E-state index contributed by atoms with van der Waals surface area (Å²) in [5, 5.41) is 4.10. The molecule has 2 rings (SSSR count). The molecule has 1 aromatic carbocycles. The molecular formula is C16H20ClNOS. The average molecular weight is 310 g/mol. The number of aryl methyl sites for hydroxylation is 1. The highest BCUT2D eigenvalue weighted by Crippen LogP contribution is 2.31. The van der Waals surface area contributed by atoms with Crippen LogP contribution >= 0.6 is 22.9 Å². The largest absolute Gasteiger partial charge is 0.496 e. The van der Waals surface area contributed by atoms with Crippen molar-refractivity contribution in [2.24, 2.45) is 0 Å². The Bertz CT molecular complexity index is 567. The lowest BCUT2D eigenvalue weighted by Crippen LogP contribution is -2.19. The van der Waals surface area contributed by atoms with E-state index in [0.717, 1.165) is 29.2 Å². The fourth-order valence-corrected chi connectivity index (χ4v) is 3.45. The Labute approximate surface area is 129 Å². The molecule has 1 aromatic heterocycles. The van der Waals surface area contributed by atoms with E-state index in [2.05, 4.69) is 24.4 Å². The molecule has 0 aliphatic rings. The summed E-state index contributed by atoms with van der Waals surface area (Å²) in [5.74, 6) is 0.876. The van der Waals surface area contributed by atoms with Crippen molar-refractivity contribution in [3.63, 3.8) is 0 Å². The molecule has 1 heterocycles. The zero-order chi connectivity index (χ0) is 14.5. The summed E-state index contributed by atoms with van der Waals surface area (Å²) in [6.45, 7) is 2.19. The highest BCUT2D eigenvalue weighted by Gasteiger charge is 2.16. The van der Waals surface area contributed by atoms with E-state index < -0.39 is 0 Å². The van der Waals surface area contributed by atoms with Crippen molar-refractivity contribution < 1.29 is 4.74 Å². The highest BCUT2D eigenvalue weighted by atomic mass is 35.5. The fraction of sp³-hybridized carbons (Fsp3) is 0.375. The summed E-state index contributed by atoms with van der Waals surface area (Å²) in [5.41, 5.74) is 1.11. The second-order valence-corrected chi connectivity index (χ2v) is 6.34. The van der Waals surface area contributed by atoms with Crippen LogP contribution in [0.1, 0.15) is 28.3 Å². The summed E-state index contributed by atoms with van der Waals surface area (Å²) >= 11 is 8.00. The van der Waals surface area contributed by atoms with Crippen molar-refractivity contribution in [1.29, 1.82) is 0 Å². The number of nitrogens with one attached hydrogen (secondary N) is 1. The van der Waals surface area contributed by atoms with Crippen LogP contribution in [0.5, 0.6) is 5.75 Å². The Morgan fingerprint density at radius 3 is 2.60 bits per heavy atom. The van der Waals surface area contributed by atoms with E-state index >= 15 is 0 Å². The van der Waals surface area contributed by atoms with Gasteiger partial charge in [0.25, 0.3) is 0 Å². The summed E-state index contributed by atoms with van der Waals surface area (Å²) in [7, 11) is 3.67. The molecule has 0 bridgehead atoms. The molecule has 0 aliphatic carbocycles. The van der Waals surface area contributed by atoms with E-state index in [1.54, 1.807) is 7.11 Å². The third kappa shape index (κ3) is 3.54. The minimum absolute atomic E-state index is 0.201. The molecule has 2 aromatic rings. The van der Waals surface area contributed by atoms with Crippen LogP contribution in [0.2, 0.25) is 5.02 Å². The monoisotopic (exact) mass is 309 g/mol. The Morgan fingerprint density at radius 1 is 1.25 bits per heavy atom. The molecule has 1 atom stereocenters. The fourth-order valence-electron chi connectivity index (χ4n) is 2.27. The lowest BCUT2D eigenvalue weighted by atomic mass is 10.0. The van der Waals surface area contributed by atoms with Gasteiger partial charge in [-0.15, -0.1) is 11.3 Å². The normalized spacial score (nSPS) is 12.4. The summed E-state index contributed by atoms with van der Waals surface area (Å²) in [6, 6.07) is 10.4. The SMILES string of the molecule is CCc1ccc(CC(NC)c2cc(Cl)ccc2OC)s1. The maximum Gasteiger partial charge on any atom is 0.123 e. The zero-order valence-corrected chi connectivity index (χ0v) is 13.6. The van der Waals surface area contributed by atoms with Crippen LogP contribution in [-0.4, -0.2) is 14.2 Å². The van der Waals surface area contributed by atoms with E-state index in [0.29, 0.717) is 0 Å². The quantitative estimate of drug-likeness (QED) is 0.849. The van der Waals surface area contributed by atoms with Crippen LogP contribution in [0, 0.1) is 0 Å². The van der Waals surface area contributed by atoms with Crippen molar-refractivity contribution in [3.05, 3.63) is 50.7 Å². The topological polar surface area (TPSA) is 21.3 Å². The molecule has 0 saturated carbocycles. The maximum absolute atomic E-state index is 6.12. The maximum atomic E-state index is 6.12. The zero-order valence-electron chi connectivity index (χ0n) is 12.1. The first kappa shape index (κ1) is 15.4. The van der Waals surface area contributed by atoms with E-state index in [1.807, 2.05) is 36.6 Å². The molecule has 1 unspecified atom stereocenters. The number of hydrogen-bond acceptors (Lipinski definition) is 3. The van der Waals surface area contributed by atoms with Crippen molar-refractivity contribution in [3.8, 4) is 5.75 Å². The third-order valence-electron chi connectivity index (χ3n) is 3.39. The van der Waals surface area contributed by atoms with Gasteiger partial charge in [-0.2, -0.15) is 0 Å². The van der Waals surface area contributed by atoms with Gasteiger partial charge in [0.15, 0.2) is 0 Å². The molecule has 20 heavy (non-hydrogen) atoms. The summed E-state index contributed by atoms with van der Waals surface area (Å²) in [4.78, 5) is 2.80. The van der Waals surface area contributed by atoms with Gasteiger partial charge in [0, 0.05) is 32.8 Å². The molecule has 2 nitrogen and oxygen atoms in total. The molecular weight excluding hydrogens is 290 g/mol. The summed E-state index contributed by atoms with van der Waals surface area (Å²) < 4.78 is 5.45. The molecule has 0 radical (unpaired) electrons. The molecule has 0 spiro atoms. The second kappa shape index (κ2) is 7.11. The van der Waals surface area contributed by atoms with Gasteiger partial charge in [-0.1, -0.05) is 18.5 Å². The van der Waals surface area contributed by atoms with Crippen LogP contribution in [0.3, 0.4) is 0 Å². The smallest absolute Gasteiger partial charge is 0.123 e. The van der Waals surface area contributed by atoms with Gasteiger partial charge in [0.1, 0.15) is 5.75 Å². The van der Waals surface area contributed by atoms with Crippen LogP contribution in [-0.2, 0) is 12.8 Å². The molecule has 1 N–H and O–H groups in total. The van der Waals surface area contributed by atoms with Crippen molar-refractivity contribution in [1.82, 2.24) is 5.32 Å². The van der Waals surface area contributed by atoms with E-state index in [-0.39, 0.29) is 6.04 Å². The number of rotatable bonds is 6. The van der Waals surface area contributed by atoms with Gasteiger partial charge in [-0.05, 0) is 43.8 Å². The molecule has 0 saturated heterocycles. The average Bonchev–Trinajstić information content (AvgIpc) is 2.92. The van der Waals surface area contributed by atoms with Crippen LogP contribution in [0.15, 0.2) is 30.3 Å². The summed E-state index contributed by atoms with van der Waals surface area (Å²) in [6.07, 6.45) is 2.03. The van der Waals surface area contributed by atoms with E-state index in [9.17, 15) is 0 Å². The van der Waals surface area contributed by atoms with Crippen LogP contribution < -0.4 is 10.1 Å². The predicted molar refractivity (Wildman–Crippen MR) is 87.2 cm³/mol. The van der Waals surface area contributed by atoms with Gasteiger partial charge in [0.2, 0.25) is 0 Å². The van der Waals surface area contributed by atoms with Gasteiger partial charge < -0.3 is 10.1 Å². The highest BCUT2D eigenvalue weighted by molar-refractivity contribution is 7.11. The van der Waals surface area contributed by atoms with Gasteiger partial charge in [-0.25, -0.2) is 0 Å².